The molecule has 2 aromatic rings. The van der Waals surface area contributed by atoms with E-state index in [1.54, 1.807) is 23.6 Å². The summed E-state index contributed by atoms with van der Waals surface area (Å²) in [6, 6.07) is 10.7. The molecule has 2 atom stereocenters. The highest BCUT2D eigenvalue weighted by Gasteiger charge is 2.51. The topological polar surface area (TPSA) is 86.7 Å². The Labute approximate surface area is 156 Å². The van der Waals surface area contributed by atoms with Crippen molar-refractivity contribution in [1.82, 2.24) is 9.62 Å². The average molecular weight is 393 g/mol. The number of carbonyl (C=O) groups excluding carboxylic acids is 1. The van der Waals surface area contributed by atoms with Crippen LogP contribution in [0.1, 0.15) is 22.3 Å². The minimum absolute atomic E-state index is 0.174. The molecular weight excluding hydrogens is 372 g/mol. The van der Waals surface area contributed by atoms with Crippen molar-refractivity contribution in [2.45, 2.75) is 22.6 Å². The van der Waals surface area contributed by atoms with E-state index >= 15 is 0 Å². The normalized spacial score (nSPS) is 26.5. The van der Waals surface area contributed by atoms with Crippen LogP contribution in [0.5, 0.6) is 0 Å². The smallest absolute Gasteiger partial charge is 0.252 e. The lowest BCUT2D eigenvalue weighted by molar-refractivity contribution is 0.0848. The molecule has 1 aromatic heterocycles. The van der Waals surface area contributed by atoms with Crippen molar-refractivity contribution in [3.8, 4) is 0 Å². The van der Waals surface area contributed by atoms with Crippen LogP contribution in [0.25, 0.3) is 0 Å². The van der Waals surface area contributed by atoms with Gasteiger partial charge >= 0.3 is 0 Å². The van der Waals surface area contributed by atoms with Crippen LogP contribution in [0.4, 0.5) is 0 Å². The number of nitrogens with one attached hydrogen (secondary N) is 1. The third-order valence-electron chi connectivity index (χ3n) is 5.44. The number of fused-ring (bicyclic) bond motifs is 1. The van der Waals surface area contributed by atoms with Crippen molar-refractivity contribution < 1.29 is 18.3 Å². The Morgan fingerprint density at radius 1 is 1.27 bits per heavy atom. The van der Waals surface area contributed by atoms with E-state index in [2.05, 4.69) is 5.32 Å². The lowest BCUT2D eigenvalue weighted by Gasteiger charge is -2.33. The summed E-state index contributed by atoms with van der Waals surface area (Å²) in [4.78, 5) is 12.8. The highest BCUT2D eigenvalue weighted by molar-refractivity contribution is 7.91. The molecule has 1 spiro atoms. The number of sulfonamides is 1. The second-order valence-electron chi connectivity index (χ2n) is 6.88. The van der Waals surface area contributed by atoms with Gasteiger partial charge in [0.15, 0.2) is 0 Å². The molecular formula is C18H20N2O4S2. The number of rotatable bonds is 3. The summed E-state index contributed by atoms with van der Waals surface area (Å²) in [6.45, 7) is 0.207. The molecule has 1 fully saturated rings. The van der Waals surface area contributed by atoms with Crippen molar-refractivity contribution in [3.63, 3.8) is 0 Å². The number of carbonyl (C=O) groups is 1. The molecule has 26 heavy (non-hydrogen) atoms. The standard InChI is InChI=1S/C18H20N2O4S2/c21-11-14-10-20(26(23,24)16-6-3-9-25-16)12-18(14)8-7-13-4-1-2-5-15(13)17(22)19-18/h1-6,9,14,21H,7-8,10-12H2,(H,19,22)/t14-,18+/m0/s1. The molecule has 6 nitrogen and oxygen atoms in total. The van der Waals surface area contributed by atoms with E-state index in [1.165, 1.54) is 15.6 Å². The lowest BCUT2D eigenvalue weighted by Crippen LogP contribution is -2.54. The SMILES string of the molecule is O=C1N[C@]2(CCc3ccccc31)CN(S(=O)(=O)c1cccs1)C[C@H]2CO. The fourth-order valence-electron chi connectivity index (χ4n) is 3.98. The first-order valence-corrected chi connectivity index (χ1v) is 10.8. The van der Waals surface area contributed by atoms with Gasteiger partial charge in [0.25, 0.3) is 15.9 Å². The van der Waals surface area contributed by atoms with Crippen LogP contribution in [-0.2, 0) is 16.4 Å². The molecule has 1 saturated heterocycles. The highest BCUT2D eigenvalue weighted by atomic mass is 32.2. The van der Waals surface area contributed by atoms with Gasteiger partial charge in [-0.25, -0.2) is 8.42 Å². The predicted molar refractivity (Wildman–Crippen MR) is 98.6 cm³/mol. The van der Waals surface area contributed by atoms with Gasteiger partial charge in [-0.3, -0.25) is 4.79 Å². The average Bonchev–Trinajstić information content (AvgIpc) is 3.26. The quantitative estimate of drug-likeness (QED) is 0.828. The number of hydrogen-bond donors (Lipinski definition) is 2. The number of thiophene rings is 1. The second kappa shape index (κ2) is 6.45. The minimum Gasteiger partial charge on any atom is -0.396 e. The second-order valence-corrected chi connectivity index (χ2v) is 9.99. The van der Waals surface area contributed by atoms with Crippen LogP contribution in [-0.4, -0.2) is 49.0 Å². The van der Waals surface area contributed by atoms with Crippen molar-refractivity contribution in [2.75, 3.05) is 19.7 Å². The summed E-state index contributed by atoms with van der Waals surface area (Å²) in [5.74, 6) is -0.539. The van der Waals surface area contributed by atoms with E-state index in [4.69, 9.17) is 0 Å². The summed E-state index contributed by atoms with van der Waals surface area (Å²) < 4.78 is 27.5. The van der Waals surface area contributed by atoms with E-state index in [-0.39, 0.29) is 35.7 Å². The van der Waals surface area contributed by atoms with Gasteiger partial charge < -0.3 is 10.4 Å². The van der Waals surface area contributed by atoms with Gasteiger partial charge in [-0.1, -0.05) is 24.3 Å². The summed E-state index contributed by atoms with van der Waals surface area (Å²) in [7, 11) is -3.62. The molecule has 8 heteroatoms. The summed E-state index contributed by atoms with van der Waals surface area (Å²) in [5, 5.41) is 14.7. The maximum atomic E-state index is 12.9. The fourth-order valence-corrected chi connectivity index (χ4v) is 6.68. The van der Waals surface area contributed by atoms with Crippen LogP contribution < -0.4 is 5.32 Å². The van der Waals surface area contributed by atoms with Gasteiger partial charge in [0.2, 0.25) is 0 Å². The first-order valence-electron chi connectivity index (χ1n) is 8.51. The van der Waals surface area contributed by atoms with Crippen LogP contribution in [0.2, 0.25) is 0 Å². The van der Waals surface area contributed by atoms with E-state index in [1.807, 2.05) is 18.2 Å². The first kappa shape index (κ1) is 17.7. The minimum atomic E-state index is -3.62. The Hall–Kier alpha value is -1.74. The Morgan fingerprint density at radius 2 is 2.08 bits per heavy atom. The van der Waals surface area contributed by atoms with Gasteiger partial charge in [-0.2, -0.15) is 4.31 Å². The Kier molecular flexibility index (Phi) is 4.38. The van der Waals surface area contributed by atoms with Crippen molar-refractivity contribution in [3.05, 3.63) is 52.9 Å². The zero-order valence-corrected chi connectivity index (χ0v) is 15.7. The number of aryl methyl sites for hydroxylation is 1. The van der Waals surface area contributed by atoms with Crippen LogP contribution in [0.15, 0.2) is 46.0 Å². The maximum absolute atomic E-state index is 12.9. The molecule has 2 aliphatic rings. The summed E-state index contributed by atoms with van der Waals surface area (Å²) in [5.41, 5.74) is 0.827. The molecule has 138 valence electrons. The molecule has 0 unspecified atom stereocenters. The highest BCUT2D eigenvalue weighted by Crippen LogP contribution is 2.37. The molecule has 0 saturated carbocycles. The number of nitrogens with zero attached hydrogens (tertiary/aromatic N) is 1. The Morgan fingerprint density at radius 3 is 2.81 bits per heavy atom. The van der Waals surface area contributed by atoms with Crippen LogP contribution in [0.3, 0.4) is 0 Å². The van der Waals surface area contributed by atoms with Gasteiger partial charge in [0, 0.05) is 31.2 Å². The van der Waals surface area contributed by atoms with Crippen molar-refractivity contribution in [2.24, 2.45) is 5.92 Å². The molecule has 1 aromatic carbocycles. The Bertz CT molecular complexity index is 926. The van der Waals surface area contributed by atoms with E-state index in [0.717, 1.165) is 5.56 Å². The molecule has 2 N–H and O–H groups in total. The van der Waals surface area contributed by atoms with Gasteiger partial charge in [-0.05, 0) is 35.9 Å². The zero-order chi connectivity index (χ0) is 18.4. The molecule has 0 radical (unpaired) electrons. The zero-order valence-electron chi connectivity index (χ0n) is 14.1. The number of benzene rings is 1. The Balaban J connectivity index is 1.67. The molecule has 1 amide bonds. The van der Waals surface area contributed by atoms with Gasteiger partial charge in [0.05, 0.1) is 5.54 Å². The van der Waals surface area contributed by atoms with E-state index in [0.29, 0.717) is 18.4 Å². The van der Waals surface area contributed by atoms with Crippen LogP contribution in [0, 0.1) is 5.92 Å². The first-order chi connectivity index (χ1) is 12.5. The fraction of sp³-hybridized carbons (Fsp3) is 0.389. The van der Waals surface area contributed by atoms with E-state index < -0.39 is 15.6 Å². The predicted octanol–water partition coefficient (Wildman–Crippen LogP) is 1.48. The largest absolute Gasteiger partial charge is 0.396 e. The molecule has 0 aliphatic carbocycles. The molecule has 0 bridgehead atoms. The number of aliphatic hydroxyl groups is 1. The lowest BCUT2D eigenvalue weighted by atomic mass is 9.83. The van der Waals surface area contributed by atoms with Crippen LogP contribution >= 0.6 is 11.3 Å². The van der Waals surface area contributed by atoms with Gasteiger partial charge in [0.1, 0.15) is 4.21 Å². The summed E-state index contributed by atoms with van der Waals surface area (Å²) >= 11 is 1.18. The maximum Gasteiger partial charge on any atom is 0.252 e. The number of amides is 1. The number of hydrogen-bond acceptors (Lipinski definition) is 5. The van der Waals surface area contributed by atoms with Crippen molar-refractivity contribution >= 4 is 27.3 Å². The third kappa shape index (κ3) is 2.77. The van der Waals surface area contributed by atoms with E-state index in [9.17, 15) is 18.3 Å². The third-order valence-corrected chi connectivity index (χ3v) is 8.62. The van der Waals surface area contributed by atoms with Crippen molar-refractivity contribution in [1.29, 1.82) is 0 Å². The summed E-state index contributed by atoms with van der Waals surface area (Å²) in [6.07, 6.45) is 1.26. The number of aliphatic hydroxyl groups excluding tert-OH is 1. The molecule has 3 heterocycles. The molecule has 4 rings (SSSR count). The van der Waals surface area contributed by atoms with Gasteiger partial charge in [-0.15, -0.1) is 11.3 Å². The monoisotopic (exact) mass is 392 g/mol. The molecule has 2 aliphatic heterocycles.